The van der Waals surface area contributed by atoms with Gasteiger partial charge in [0.05, 0.1) is 58.6 Å². The minimum atomic E-state index is -1.14. The van der Waals surface area contributed by atoms with E-state index in [1.807, 2.05) is 91.8 Å². The Morgan fingerprint density at radius 3 is 1.71 bits per heavy atom. The second-order valence-electron chi connectivity index (χ2n) is 16.0. The van der Waals surface area contributed by atoms with Crippen LogP contribution in [0.25, 0.3) is 22.1 Å². The van der Waals surface area contributed by atoms with Gasteiger partial charge in [-0.25, -0.2) is 23.5 Å². The van der Waals surface area contributed by atoms with E-state index in [9.17, 15) is 13.6 Å². The standard InChI is InChI=1S/C24H30FN5O2.C19H22FN5.CH4/c1-16-9-10-17(26-13-16)14-30-21-8-6-5-7-19(21)27-22(30)29-12-11-18(25)20(15-29)28-23(31)32-24(2,3)4;1-13-6-7-14(22-10-13)11-25-18-5-3-2-4-17(18)23-19(25)24-9-8-15(20)16(21)12-24;/h5-10,13,18,20H,11-12,14-15H2,1-4H3,(H,28,31);2-7,10,15-16H,8-9,11-12,21H2,1H3;1H4/t18-,20-;15-,16-;/m11./s1. The van der Waals surface area contributed by atoms with Crippen LogP contribution in [0.1, 0.15) is 63.6 Å². The fourth-order valence-electron chi connectivity index (χ4n) is 7.26. The third kappa shape index (κ3) is 9.90. The molecular formula is C44H56F2N10O2. The van der Waals surface area contributed by atoms with E-state index >= 15 is 0 Å². The number of alkyl carbamates (subject to hydrolysis) is 1. The van der Waals surface area contributed by atoms with Crippen molar-refractivity contribution < 1.29 is 18.3 Å². The number of hydrogen-bond donors (Lipinski definition) is 2. The van der Waals surface area contributed by atoms with Crippen molar-refractivity contribution in [2.24, 2.45) is 5.73 Å². The number of carbonyl (C=O) groups is 1. The molecule has 1 amide bonds. The minimum Gasteiger partial charge on any atom is -0.444 e. The van der Waals surface area contributed by atoms with E-state index in [1.54, 1.807) is 20.8 Å². The molecule has 12 nitrogen and oxygen atoms in total. The number of para-hydroxylation sites is 4. The van der Waals surface area contributed by atoms with Gasteiger partial charge in [0.15, 0.2) is 0 Å². The maximum atomic E-state index is 14.7. The van der Waals surface area contributed by atoms with Crippen molar-refractivity contribution in [1.29, 1.82) is 0 Å². The maximum Gasteiger partial charge on any atom is 0.408 e. The summed E-state index contributed by atoms with van der Waals surface area (Å²) in [7, 11) is 0. The van der Waals surface area contributed by atoms with Gasteiger partial charge in [-0.3, -0.25) is 9.97 Å². The fourth-order valence-corrected chi connectivity index (χ4v) is 7.26. The molecule has 2 aromatic carbocycles. The van der Waals surface area contributed by atoms with Gasteiger partial charge < -0.3 is 34.7 Å². The van der Waals surface area contributed by atoms with Crippen molar-refractivity contribution >= 4 is 40.1 Å². The first kappa shape index (κ1) is 42.0. The first-order valence-corrected chi connectivity index (χ1v) is 19.6. The molecule has 308 valence electrons. The van der Waals surface area contributed by atoms with Gasteiger partial charge in [0.2, 0.25) is 11.9 Å². The van der Waals surface area contributed by atoms with Gasteiger partial charge in [-0.1, -0.05) is 43.8 Å². The van der Waals surface area contributed by atoms with E-state index in [2.05, 4.69) is 41.5 Å². The number of amides is 1. The fraction of sp³-hybridized carbons (Fsp3) is 0.432. The van der Waals surface area contributed by atoms with Crippen molar-refractivity contribution in [1.82, 2.24) is 34.4 Å². The van der Waals surface area contributed by atoms with Crippen LogP contribution in [0, 0.1) is 13.8 Å². The topological polar surface area (TPSA) is 132 Å². The number of aromatic nitrogens is 6. The number of aryl methyl sites for hydroxylation is 2. The van der Waals surface area contributed by atoms with Crippen LogP contribution in [0.5, 0.6) is 0 Å². The molecule has 2 fully saturated rings. The Balaban J connectivity index is 0.000000198. The molecule has 0 spiro atoms. The number of anilines is 2. The molecule has 0 radical (unpaired) electrons. The van der Waals surface area contributed by atoms with Crippen LogP contribution in [-0.4, -0.2) is 91.4 Å². The van der Waals surface area contributed by atoms with Crippen LogP contribution in [0.4, 0.5) is 25.5 Å². The lowest BCUT2D eigenvalue weighted by molar-refractivity contribution is 0.0465. The summed E-state index contributed by atoms with van der Waals surface area (Å²) in [6.07, 6.45) is 1.77. The Bertz CT molecular complexity index is 2290. The van der Waals surface area contributed by atoms with Crippen molar-refractivity contribution in [3.05, 3.63) is 108 Å². The number of nitrogens with two attached hydrogens (primary N) is 1. The zero-order valence-electron chi connectivity index (χ0n) is 33.3. The summed E-state index contributed by atoms with van der Waals surface area (Å²) in [6, 6.07) is 23.0. The highest BCUT2D eigenvalue weighted by molar-refractivity contribution is 5.80. The van der Waals surface area contributed by atoms with E-state index in [0.29, 0.717) is 52.1 Å². The highest BCUT2D eigenvalue weighted by Crippen LogP contribution is 2.29. The van der Waals surface area contributed by atoms with Crippen molar-refractivity contribution in [3.8, 4) is 0 Å². The van der Waals surface area contributed by atoms with Gasteiger partial charge in [-0.2, -0.15) is 0 Å². The van der Waals surface area contributed by atoms with Crippen LogP contribution in [-0.2, 0) is 17.8 Å². The molecule has 0 aliphatic carbocycles. The first-order chi connectivity index (χ1) is 27.3. The Hall–Kier alpha value is -5.63. The monoisotopic (exact) mass is 794 g/mol. The number of ether oxygens (including phenoxy) is 1. The smallest absolute Gasteiger partial charge is 0.408 e. The summed E-state index contributed by atoms with van der Waals surface area (Å²) in [5.74, 6) is 1.59. The number of imidazole rings is 2. The number of nitrogens with one attached hydrogen (secondary N) is 1. The molecule has 0 unspecified atom stereocenters. The van der Waals surface area contributed by atoms with E-state index in [-0.39, 0.29) is 7.43 Å². The van der Waals surface area contributed by atoms with Gasteiger partial charge in [0, 0.05) is 38.6 Å². The van der Waals surface area contributed by atoms with Crippen LogP contribution < -0.4 is 20.9 Å². The Kier molecular flexibility index (Phi) is 12.9. The number of piperidine rings is 2. The zero-order chi connectivity index (χ0) is 40.3. The third-order valence-electron chi connectivity index (χ3n) is 10.2. The number of nitrogens with zero attached hydrogens (tertiary/aromatic N) is 8. The van der Waals surface area contributed by atoms with Crippen LogP contribution >= 0.6 is 0 Å². The number of alkyl halides is 2. The molecule has 3 N–H and O–H groups in total. The highest BCUT2D eigenvalue weighted by atomic mass is 19.1. The average Bonchev–Trinajstić information content (AvgIpc) is 3.73. The predicted octanol–water partition coefficient (Wildman–Crippen LogP) is 7.53. The van der Waals surface area contributed by atoms with E-state index in [4.69, 9.17) is 20.4 Å². The molecule has 0 saturated carbocycles. The molecule has 6 heterocycles. The SMILES string of the molecule is C.Cc1ccc(Cn2c(N3CC[C@@H](F)[C@H](N)C3)nc3ccccc32)nc1.Cc1ccc(Cn2c(N3CC[C@@H](F)[C@H](NC(=O)OC(C)(C)C)C3)nc3ccccc32)nc1. The van der Waals surface area contributed by atoms with Crippen LogP contribution in [0.3, 0.4) is 0 Å². The van der Waals surface area contributed by atoms with Gasteiger partial charge in [-0.15, -0.1) is 0 Å². The lowest BCUT2D eigenvalue weighted by Crippen LogP contribution is -2.55. The summed E-state index contributed by atoms with van der Waals surface area (Å²) < 4.78 is 38.0. The second-order valence-corrected chi connectivity index (χ2v) is 16.0. The Labute approximate surface area is 339 Å². The minimum absolute atomic E-state index is 0. The van der Waals surface area contributed by atoms with E-state index in [0.717, 1.165) is 56.5 Å². The van der Waals surface area contributed by atoms with E-state index in [1.165, 1.54) is 0 Å². The number of halogens is 2. The molecular weight excluding hydrogens is 739 g/mol. The molecule has 8 rings (SSSR count). The lowest BCUT2D eigenvalue weighted by Gasteiger charge is -2.36. The number of carbonyl (C=O) groups excluding carboxylic acids is 1. The summed E-state index contributed by atoms with van der Waals surface area (Å²) in [4.78, 5) is 35.1. The molecule has 0 bridgehead atoms. The second kappa shape index (κ2) is 17.9. The molecule has 6 aromatic rings. The maximum absolute atomic E-state index is 14.7. The van der Waals surface area contributed by atoms with Crippen LogP contribution in [0.2, 0.25) is 0 Å². The largest absolute Gasteiger partial charge is 0.444 e. The zero-order valence-corrected chi connectivity index (χ0v) is 33.3. The van der Waals surface area contributed by atoms with Gasteiger partial charge in [-0.05, 0) is 95.0 Å². The number of pyridine rings is 2. The summed E-state index contributed by atoms with van der Waals surface area (Å²) in [5.41, 5.74) is 13.3. The number of fused-ring (bicyclic) bond motifs is 2. The molecule has 2 aliphatic heterocycles. The van der Waals surface area contributed by atoms with Crippen molar-refractivity contribution in [2.45, 2.75) is 98.0 Å². The quantitative estimate of drug-likeness (QED) is 0.168. The summed E-state index contributed by atoms with van der Waals surface area (Å²) in [5, 5.41) is 2.71. The van der Waals surface area contributed by atoms with Gasteiger partial charge >= 0.3 is 6.09 Å². The predicted molar refractivity (Wildman–Crippen MR) is 227 cm³/mol. The van der Waals surface area contributed by atoms with Crippen LogP contribution in [0.15, 0.2) is 85.2 Å². The van der Waals surface area contributed by atoms with Gasteiger partial charge in [0.25, 0.3) is 0 Å². The van der Waals surface area contributed by atoms with E-state index < -0.39 is 36.1 Å². The van der Waals surface area contributed by atoms with Crippen molar-refractivity contribution in [2.75, 3.05) is 36.0 Å². The lowest BCUT2D eigenvalue weighted by atomic mass is 10.0. The normalized spacial score (nSPS) is 19.7. The molecule has 2 saturated heterocycles. The Morgan fingerprint density at radius 2 is 1.24 bits per heavy atom. The van der Waals surface area contributed by atoms with Gasteiger partial charge in [0.1, 0.15) is 17.9 Å². The number of rotatable bonds is 7. The first-order valence-electron chi connectivity index (χ1n) is 19.6. The molecule has 4 atom stereocenters. The summed E-state index contributed by atoms with van der Waals surface area (Å²) in [6.45, 7) is 12.5. The molecule has 14 heteroatoms. The average molecular weight is 795 g/mol. The number of benzene rings is 2. The summed E-state index contributed by atoms with van der Waals surface area (Å²) >= 11 is 0. The van der Waals surface area contributed by atoms with Crippen molar-refractivity contribution in [3.63, 3.8) is 0 Å². The third-order valence-corrected chi connectivity index (χ3v) is 10.2. The highest BCUT2D eigenvalue weighted by Gasteiger charge is 2.34. The molecule has 58 heavy (non-hydrogen) atoms. The molecule has 4 aromatic heterocycles. The number of hydrogen-bond acceptors (Lipinski definition) is 9. The Morgan fingerprint density at radius 1 is 0.759 bits per heavy atom. The molecule has 2 aliphatic rings.